The number of aromatic nitrogens is 4. The summed E-state index contributed by atoms with van der Waals surface area (Å²) in [6.07, 6.45) is 7.87. The van der Waals surface area contributed by atoms with E-state index in [4.69, 9.17) is 4.98 Å². The van der Waals surface area contributed by atoms with Gasteiger partial charge in [-0.05, 0) is 44.7 Å². The molecule has 22 heavy (non-hydrogen) atoms. The molecule has 0 unspecified atom stereocenters. The molecule has 0 fully saturated rings. The second kappa shape index (κ2) is 5.28. The summed E-state index contributed by atoms with van der Waals surface area (Å²) in [7, 11) is 0. The topological polar surface area (TPSA) is 60.7 Å². The van der Waals surface area contributed by atoms with Crippen LogP contribution in [0, 0.1) is 0 Å². The zero-order valence-corrected chi connectivity index (χ0v) is 13.1. The molecule has 3 aromatic heterocycles. The van der Waals surface area contributed by atoms with Gasteiger partial charge in [0.25, 0.3) is 5.56 Å². The smallest absolute Gasteiger partial charge is 0.280 e. The van der Waals surface area contributed by atoms with Crippen LogP contribution in [0.2, 0.25) is 0 Å². The lowest BCUT2D eigenvalue weighted by atomic mass is 10.0. The lowest BCUT2D eigenvalue weighted by molar-refractivity contribution is 0.599. The average Bonchev–Trinajstić information content (AvgIpc) is 2.99. The normalized spacial score (nSPS) is 15.7. The van der Waals surface area contributed by atoms with Crippen molar-refractivity contribution in [3.05, 3.63) is 50.6 Å². The molecule has 112 valence electrons. The average molecular weight is 312 g/mol. The van der Waals surface area contributed by atoms with E-state index in [2.05, 4.69) is 9.97 Å². The minimum Gasteiger partial charge on any atom is -0.288 e. The van der Waals surface area contributed by atoms with Crippen LogP contribution < -0.4 is 5.56 Å². The summed E-state index contributed by atoms with van der Waals surface area (Å²) in [5.41, 5.74) is 2.16. The van der Waals surface area contributed by atoms with Gasteiger partial charge in [-0.1, -0.05) is 0 Å². The lowest BCUT2D eigenvalue weighted by Crippen LogP contribution is -2.25. The lowest BCUT2D eigenvalue weighted by Gasteiger charge is -2.12. The summed E-state index contributed by atoms with van der Waals surface area (Å²) in [5.74, 6) is 0. The van der Waals surface area contributed by atoms with Gasteiger partial charge in [0.1, 0.15) is 5.01 Å². The number of nitrogens with zero attached hydrogens (tertiary/aromatic N) is 4. The fourth-order valence-electron chi connectivity index (χ4n) is 2.91. The van der Waals surface area contributed by atoms with E-state index in [-0.39, 0.29) is 11.6 Å². The van der Waals surface area contributed by atoms with Crippen LogP contribution in [0.3, 0.4) is 0 Å². The molecule has 3 aromatic rings. The first-order valence-corrected chi connectivity index (χ1v) is 8.36. The van der Waals surface area contributed by atoms with Crippen LogP contribution in [-0.4, -0.2) is 19.5 Å². The van der Waals surface area contributed by atoms with Gasteiger partial charge >= 0.3 is 0 Å². The highest BCUT2D eigenvalue weighted by Crippen LogP contribution is 2.30. The van der Waals surface area contributed by atoms with Crippen molar-refractivity contribution < 1.29 is 0 Å². The fraction of sp³-hybridized carbons (Fsp3) is 0.375. The van der Waals surface area contributed by atoms with Crippen LogP contribution in [0.1, 0.15) is 41.4 Å². The van der Waals surface area contributed by atoms with Crippen molar-refractivity contribution in [2.45, 2.75) is 38.6 Å². The van der Waals surface area contributed by atoms with Gasteiger partial charge in [0.05, 0.1) is 23.6 Å². The van der Waals surface area contributed by atoms with Gasteiger partial charge in [-0.2, -0.15) is 0 Å². The highest BCUT2D eigenvalue weighted by Gasteiger charge is 2.20. The molecule has 0 N–H and O–H groups in total. The first-order chi connectivity index (χ1) is 10.7. The van der Waals surface area contributed by atoms with Gasteiger partial charge in [0, 0.05) is 11.1 Å². The second-order valence-corrected chi connectivity index (χ2v) is 6.75. The number of thiazole rings is 1. The summed E-state index contributed by atoms with van der Waals surface area (Å²) in [4.78, 5) is 27.3. The molecule has 0 saturated heterocycles. The minimum absolute atomic E-state index is 0.105. The quantitative estimate of drug-likeness (QED) is 0.730. The molecule has 0 bridgehead atoms. The number of hydrogen-bond acceptors (Lipinski definition) is 5. The van der Waals surface area contributed by atoms with Crippen molar-refractivity contribution in [1.82, 2.24) is 19.5 Å². The van der Waals surface area contributed by atoms with E-state index in [1.807, 2.05) is 6.92 Å². The highest BCUT2D eigenvalue weighted by atomic mass is 32.1. The SMILES string of the molecule is C[C@@H](c1nc2c(s1)CCCC2)n1cnc2cccnc2c1=O. The fourth-order valence-corrected chi connectivity index (χ4v) is 4.11. The summed E-state index contributed by atoms with van der Waals surface area (Å²) < 4.78 is 1.64. The maximum absolute atomic E-state index is 12.6. The highest BCUT2D eigenvalue weighted by molar-refractivity contribution is 7.11. The van der Waals surface area contributed by atoms with Crippen molar-refractivity contribution in [3.8, 4) is 0 Å². The molecule has 0 saturated carbocycles. The maximum atomic E-state index is 12.6. The molecule has 5 nitrogen and oxygen atoms in total. The molecule has 0 aromatic carbocycles. The number of fused-ring (bicyclic) bond motifs is 2. The Balaban J connectivity index is 1.79. The zero-order chi connectivity index (χ0) is 15.1. The van der Waals surface area contributed by atoms with Gasteiger partial charge in [-0.15, -0.1) is 11.3 Å². The van der Waals surface area contributed by atoms with Crippen LogP contribution in [0.25, 0.3) is 11.0 Å². The molecule has 4 rings (SSSR count). The molecule has 1 aliphatic carbocycles. The molecular formula is C16H16N4OS. The molecule has 0 aliphatic heterocycles. The van der Waals surface area contributed by atoms with Crippen LogP contribution in [0.4, 0.5) is 0 Å². The third-order valence-corrected chi connectivity index (χ3v) is 5.51. The molecule has 0 spiro atoms. The number of aryl methyl sites for hydroxylation is 2. The van der Waals surface area contributed by atoms with Crippen LogP contribution in [-0.2, 0) is 12.8 Å². The monoisotopic (exact) mass is 312 g/mol. The third-order valence-electron chi connectivity index (χ3n) is 4.18. The zero-order valence-electron chi connectivity index (χ0n) is 12.3. The Labute approximate surface area is 131 Å². The summed E-state index contributed by atoms with van der Waals surface area (Å²) in [5, 5.41) is 0.992. The Morgan fingerprint density at radius 2 is 2.14 bits per heavy atom. The minimum atomic E-state index is -0.109. The molecule has 1 atom stereocenters. The molecule has 1 aliphatic rings. The van der Waals surface area contributed by atoms with E-state index in [0.717, 1.165) is 17.8 Å². The van der Waals surface area contributed by atoms with Crippen LogP contribution >= 0.6 is 11.3 Å². The van der Waals surface area contributed by atoms with Gasteiger partial charge < -0.3 is 0 Å². The Morgan fingerprint density at radius 1 is 1.27 bits per heavy atom. The third kappa shape index (κ3) is 2.14. The van der Waals surface area contributed by atoms with Crippen molar-refractivity contribution in [2.24, 2.45) is 0 Å². The largest absolute Gasteiger partial charge is 0.288 e. The molecule has 0 radical (unpaired) electrons. The predicted octanol–water partition coefficient (Wildman–Crippen LogP) is 2.74. The van der Waals surface area contributed by atoms with E-state index >= 15 is 0 Å². The van der Waals surface area contributed by atoms with Gasteiger partial charge in [-0.25, -0.2) is 15.0 Å². The van der Waals surface area contributed by atoms with Gasteiger partial charge in [0.2, 0.25) is 0 Å². The summed E-state index contributed by atoms with van der Waals surface area (Å²) >= 11 is 1.73. The molecule has 0 amide bonds. The number of pyridine rings is 1. The Hall–Kier alpha value is -2.08. The standard InChI is InChI=1S/C16H16N4OS/c1-10(15-19-11-5-2-3-7-13(11)22-15)20-9-18-12-6-4-8-17-14(12)16(20)21/h4,6,8-10H,2-3,5,7H2,1H3/t10-/m0/s1. The van der Waals surface area contributed by atoms with Crippen LogP contribution in [0.15, 0.2) is 29.5 Å². The Kier molecular flexibility index (Phi) is 3.26. The van der Waals surface area contributed by atoms with Crippen molar-refractivity contribution in [2.75, 3.05) is 0 Å². The van der Waals surface area contributed by atoms with Crippen molar-refractivity contribution in [3.63, 3.8) is 0 Å². The van der Waals surface area contributed by atoms with Crippen molar-refractivity contribution in [1.29, 1.82) is 0 Å². The molecule has 6 heteroatoms. The van der Waals surface area contributed by atoms with Crippen LogP contribution in [0.5, 0.6) is 0 Å². The Morgan fingerprint density at radius 3 is 3.00 bits per heavy atom. The van der Waals surface area contributed by atoms with E-state index in [1.165, 1.54) is 23.4 Å². The number of hydrogen-bond donors (Lipinski definition) is 0. The van der Waals surface area contributed by atoms with E-state index in [1.54, 1.807) is 40.6 Å². The second-order valence-electron chi connectivity index (χ2n) is 5.63. The van der Waals surface area contributed by atoms with Gasteiger partial charge in [-0.3, -0.25) is 9.36 Å². The maximum Gasteiger partial charge on any atom is 0.280 e. The predicted molar refractivity (Wildman–Crippen MR) is 86.4 cm³/mol. The van der Waals surface area contributed by atoms with Gasteiger partial charge in [0.15, 0.2) is 5.52 Å². The first-order valence-electron chi connectivity index (χ1n) is 7.54. The van der Waals surface area contributed by atoms with E-state index in [9.17, 15) is 4.79 Å². The van der Waals surface area contributed by atoms with E-state index in [0.29, 0.717) is 11.0 Å². The van der Waals surface area contributed by atoms with Crippen molar-refractivity contribution >= 4 is 22.4 Å². The molecule has 3 heterocycles. The molecular weight excluding hydrogens is 296 g/mol. The Bertz CT molecular complexity index is 875. The van der Waals surface area contributed by atoms with E-state index < -0.39 is 0 Å². The summed E-state index contributed by atoms with van der Waals surface area (Å²) in [6.45, 7) is 2.00. The summed E-state index contributed by atoms with van der Waals surface area (Å²) in [6, 6.07) is 3.49. The first kappa shape index (κ1) is 13.6. The number of rotatable bonds is 2.